The largest absolute Gasteiger partial charge is 0.480 e. The number of carbonyl (C=O) groups excluding carboxylic acids is 1. The number of carboxylic acids is 1. The van der Waals surface area contributed by atoms with Crippen LogP contribution in [0, 0.1) is 11.3 Å². The molecule has 0 bridgehead atoms. The predicted octanol–water partition coefficient (Wildman–Crippen LogP) is 5.19. The fourth-order valence-corrected chi connectivity index (χ4v) is 4.68. The summed E-state index contributed by atoms with van der Waals surface area (Å²) in [6, 6.07) is 15.3. The van der Waals surface area contributed by atoms with Gasteiger partial charge in [-0.15, -0.1) is 0 Å². The van der Waals surface area contributed by atoms with Gasteiger partial charge in [0.1, 0.15) is 12.6 Å². The first-order valence-corrected chi connectivity index (χ1v) is 10.7. The van der Waals surface area contributed by atoms with Crippen molar-refractivity contribution in [3.05, 3.63) is 59.7 Å². The Morgan fingerprint density at radius 2 is 1.67 bits per heavy atom. The highest BCUT2D eigenvalue weighted by Crippen LogP contribution is 2.54. The SMILES string of the molecule is CC1(C)CC1CCCC(NC(=O)OCC1c2ccccc2-c2ccccc21)C(=O)O. The van der Waals surface area contributed by atoms with Gasteiger partial charge in [-0.2, -0.15) is 0 Å². The van der Waals surface area contributed by atoms with E-state index in [-0.39, 0.29) is 12.5 Å². The molecule has 1 amide bonds. The summed E-state index contributed by atoms with van der Waals surface area (Å²) < 4.78 is 5.48. The number of rotatable bonds is 8. The van der Waals surface area contributed by atoms with Gasteiger partial charge in [0, 0.05) is 5.92 Å². The second-order valence-electron chi connectivity index (χ2n) is 9.18. The minimum atomic E-state index is -1.02. The fourth-order valence-electron chi connectivity index (χ4n) is 4.68. The molecule has 0 spiro atoms. The lowest BCUT2D eigenvalue weighted by atomic mass is 9.98. The second-order valence-corrected chi connectivity index (χ2v) is 9.18. The zero-order chi connectivity index (χ0) is 21.3. The molecule has 4 rings (SSSR count). The zero-order valence-corrected chi connectivity index (χ0v) is 17.6. The molecule has 0 aliphatic heterocycles. The number of hydrogen-bond donors (Lipinski definition) is 2. The van der Waals surface area contributed by atoms with E-state index in [0.29, 0.717) is 17.8 Å². The number of nitrogens with one attached hydrogen (secondary N) is 1. The van der Waals surface area contributed by atoms with Crippen molar-refractivity contribution in [2.45, 2.75) is 51.5 Å². The van der Waals surface area contributed by atoms with Crippen molar-refractivity contribution in [2.24, 2.45) is 11.3 Å². The van der Waals surface area contributed by atoms with Gasteiger partial charge in [0.05, 0.1) is 0 Å². The molecule has 1 saturated carbocycles. The Hall–Kier alpha value is -2.82. The molecule has 2 N–H and O–H groups in total. The molecular formula is C25H29NO4. The van der Waals surface area contributed by atoms with Crippen LogP contribution in [0.4, 0.5) is 4.79 Å². The minimum Gasteiger partial charge on any atom is -0.480 e. The van der Waals surface area contributed by atoms with Crippen molar-refractivity contribution < 1.29 is 19.4 Å². The Labute approximate surface area is 177 Å². The maximum atomic E-state index is 12.4. The Balaban J connectivity index is 1.33. The molecule has 2 aromatic rings. The number of alkyl carbamates (subject to hydrolysis) is 1. The minimum absolute atomic E-state index is 0.0384. The van der Waals surface area contributed by atoms with Crippen LogP contribution in [0.15, 0.2) is 48.5 Å². The van der Waals surface area contributed by atoms with Gasteiger partial charge in [-0.05, 0) is 52.8 Å². The van der Waals surface area contributed by atoms with Crippen LogP contribution in [0.3, 0.4) is 0 Å². The maximum absolute atomic E-state index is 12.4. The van der Waals surface area contributed by atoms with Crippen LogP contribution in [0.1, 0.15) is 56.6 Å². The third kappa shape index (κ3) is 4.20. The van der Waals surface area contributed by atoms with E-state index < -0.39 is 18.1 Å². The topological polar surface area (TPSA) is 75.6 Å². The number of carboxylic acid groups (broad SMARTS) is 1. The monoisotopic (exact) mass is 407 g/mol. The van der Waals surface area contributed by atoms with Crippen molar-refractivity contribution in [2.75, 3.05) is 6.61 Å². The summed E-state index contributed by atoms with van der Waals surface area (Å²) in [4.78, 5) is 23.9. The molecule has 2 atom stereocenters. The molecular weight excluding hydrogens is 378 g/mol. The van der Waals surface area contributed by atoms with Crippen LogP contribution in [0.5, 0.6) is 0 Å². The number of fused-ring (bicyclic) bond motifs is 3. The molecule has 0 aromatic heterocycles. The number of aliphatic carboxylic acids is 1. The summed E-state index contributed by atoms with van der Waals surface area (Å²) in [5.41, 5.74) is 4.97. The molecule has 2 aliphatic carbocycles. The van der Waals surface area contributed by atoms with Crippen molar-refractivity contribution in [3.8, 4) is 11.1 Å². The molecule has 1 fully saturated rings. The highest BCUT2D eigenvalue weighted by Gasteiger charge is 2.44. The number of carbonyl (C=O) groups is 2. The van der Waals surface area contributed by atoms with Gasteiger partial charge in [0.25, 0.3) is 0 Å². The summed E-state index contributed by atoms with van der Waals surface area (Å²) in [7, 11) is 0. The third-order valence-corrected chi connectivity index (χ3v) is 6.70. The average Bonchev–Trinajstić information content (AvgIpc) is 3.20. The lowest BCUT2D eigenvalue weighted by Crippen LogP contribution is -2.41. The van der Waals surface area contributed by atoms with Gasteiger partial charge in [-0.3, -0.25) is 0 Å². The number of benzene rings is 2. The maximum Gasteiger partial charge on any atom is 0.407 e. The van der Waals surface area contributed by atoms with Gasteiger partial charge in [-0.1, -0.05) is 68.8 Å². The molecule has 30 heavy (non-hydrogen) atoms. The molecule has 158 valence electrons. The third-order valence-electron chi connectivity index (χ3n) is 6.70. The van der Waals surface area contributed by atoms with E-state index in [1.807, 2.05) is 24.3 Å². The highest BCUT2D eigenvalue weighted by molar-refractivity contribution is 5.81. The Kier molecular flexibility index (Phi) is 5.54. The summed E-state index contributed by atoms with van der Waals surface area (Å²) in [5.74, 6) is -0.386. The van der Waals surface area contributed by atoms with E-state index in [9.17, 15) is 14.7 Å². The van der Waals surface area contributed by atoms with Crippen LogP contribution >= 0.6 is 0 Å². The van der Waals surface area contributed by atoms with E-state index in [1.54, 1.807) is 0 Å². The van der Waals surface area contributed by atoms with Crippen LogP contribution in [0.2, 0.25) is 0 Å². The normalized spacial score (nSPS) is 19.5. The Bertz CT molecular complexity index is 906. The summed E-state index contributed by atoms with van der Waals surface area (Å²) in [5, 5.41) is 12.0. The van der Waals surface area contributed by atoms with Crippen LogP contribution in [-0.4, -0.2) is 29.8 Å². The van der Waals surface area contributed by atoms with Gasteiger partial charge >= 0.3 is 12.1 Å². The van der Waals surface area contributed by atoms with Gasteiger partial charge in [0.15, 0.2) is 0 Å². The first-order chi connectivity index (χ1) is 14.4. The van der Waals surface area contributed by atoms with E-state index in [2.05, 4.69) is 43.4 Å². The van der Waals surface area contributed by atoms with Gasteiger partial charge < -0.3 is 15.2 Å². The fraction of sp³-hybridized carbons (Fsp3) is 0.440. The zero-order valence-electron chi connectivity index (χ0n) is 17.6. The van der Waals surface area contributed by atoms with Crippen LogP contribution in [-0.2, 0) is 9.53 Å². The van der Waals surface area contributed by atoms with E-state index in [0.717, 1.165) is 35.1 Å². The standard InChI is InChI=1S/C25H29NO4/c1-25(2)14-16(25)8-7-13-22(23(27)28)26-24(29)30-15-21-19-11-5-3-9-17(19)18-10-4-6-12-20(18)21/h3-6,9-12,16,21-22H,7-8,13-15H2,1-2H3,(H,26,29)(H,27,28). The molecule has 0 heterocycles. The summed E-state index contributed by atoms with van der Waals surface area (Å²) in [6.45, 7) is 4.66. The number of hydrogen-bond acceptors (Lipinski definition) is 3. The lowest BCUT2D eigenvalue weighted by molar-refractivity contribution is -0.139. The molecule has 5 nitrogen and oxygen atoms in total. The van der Waals surface area contributed by atoms with Crippen molar-refractivity contribution in [1.82, 2.24) is 5.32 Å². The second kappa shape index (κ2) is 8.13. The van der Waals surface area contributed by atoms with E-state index in [4.69, 9.17) is 4.74 Å². The number of ether oxygens (including phenoxy) is 1. The summed E-state index contributed by atoms with van der Waals surface area (Å²) >= 11 is 0. The number of amides is 1. The Morgan fingerprint density at radius 1 is 1.10 bits per heavy atom. The quantitative estimate of drug-likeness (QED) is 0.631. The van der Waals surface area contributed by atoms with E-state index >= 15 is 0 Å². The summed E-state index contributed by atoms with van der Waals surface area (Å²) in [6.07, 6.45) is 2.74. The smallest absolute Gasteiger partial charge is 0.407 e. The molecule has 0 saturated heterocycles. The first-order valence-electron chi connectivity index (χ1n) is 10.7. The predicted molar refractivity (Wildman–Crippen MR) is 115 cm³/mol. The van der Waals surface area contributed by atoms with Gasteiger partial charge in [-0.25, -0.2) is 9.59 Å². The Morgan fingerprint density at radius 3 is 2.20 bits per heavy atom. The van der Waals surface area contributed by atoms with E-state index in [1.165, 1.54) is 6.42 Å². The van der Waals surface area contributed by atoms with Crippen molar-refractivity contribution >= 4 is 12.1 Å². The lowest BCUT2D eigenvalue weighted by Gasteiger charge is -2.17. The van der Waals surface area contributed by atoms with Crippen molar-refractivity contribution in [1.29, 1.82) is 0 Å². The molecule has 5 heteroatoms. The molecule has 2 aromatic carbocycles. The molecule has 2 aliphatic rings. The highest BCUT2D eigenvalue weighted by atomic mass is 16.5. The van der Waals surface area contributed by atoms with Crippen LogP contribution < -0.4 is 5.32 Å². The average molecular weight is 408 g/mol. The molecule has 2 unspecified atom stereocenters. The van der Waals surface area contributed by atoms with Crippen molar-refractivity contribution in [3.63, 3.8) is 0 Å². The first kappa shape index (κ1) is 20.5. The van der Waals surface area contributed by atoms with Gasteiger partial charge in [0.2, 0.25) is 0 Å². The van der Waals surface area contributed by atoms with Crippen LogP contribution in [0.25, 0.3) is 11.1 Å². The molecule has 0 radical (unpaired) electrons.